The van der Waals surface area contributed by atoms with Crippen molar-refractivity contribution in [3.8, 4) is 0 Å². The number of aliphatic hydroxyl groups excluding tert-OH is 3. The summed E-state index contributed by atoms with van der Waals surface area (Å²) in [6.45, 7) is 4.43. The predicted octanol–water partition coefficient (Wildman–Crippen LogP) is 2.09. The van der Waals surface area contributed by atoms with Crippen LogP contribution in [0.4, 0.5) is 0 Å². The highest BCUT2D eigenvalue weighted by Crippen LogP contribution is 2.75. The summed E-state index contributed by atoms with van der Waals surface area (Å²) in [6, 6.07) is 0. The Balaban J connectivity index is 1.74. The van der Waals surface area contributed by atoms with E-state index in [9.17, 15) is 20.4 Å². The van der Waals surface area contributed by atoms with Crippen molar-refractivity contribution in [3.05, 3.63) is 0 Å². The van der Waals surface area contributed by atoms with Gasteiger partial charge in [0.05, 0.1) is 24.9 Å². The number of hydrogen-bond donors (Lipinski definition) is 4. The lowest BCUT2D eigenvalue weighted by Gasteiger charge is -2.66. The lowest BCUT2D eigenvalue weighted by Crippen LogP contribution is -2.63. The van der Waals surface area contributed by atoms with Crippen molar-refractivity contribution in [1.82, 2.24) is 0 Å². The second kappa shape index (κ2) is 5.18. The van der Waals surface area contributed by atoms with E-state index in [0.717, 1.165) is 44.9 Å². The molecule has 4 rings (SSSR count). The van der Waals surface area contributed by atoms with Gasteiger partial charge < -0.3 is 20.4 Å². The van der Waals surface area contributed by atoms with Crippen LogP contribution in [0.5, 0.6) is 0 Å². The van der Waals surface area contributed by atoms with Crippen molar-refractivity contribution < 1.29 is 20.4 Å². The summed E-state index contributed by atoms with van der Waals surface area (Å²) in [4.78, 5) is 0. The van der Waals surface area contributed by atoms with Gasteiger partial charge in [-0.25, -0.2) is 0 Å². The summed E-state index contributed by atoms with van der Waals surface area (Å²) in [5, 5.41) is 41.3. The van der Waals surface area contributed by atoms with E-state index in [2.05, 4.69) is 13.8 Å². The standard InChI is InChI=1S/C20H34O4/c1-17(11-21)15-4-3-13-9-14-10-19(13,7-8-20(14,24)12-22)18(15,2)6-5-16(17)23/h13-16,21-24H,3-12H2,1-2H3/t13-,14+,15-,16+,17-,18-,19-,20+/m0/s1. The average Bonchev–Trinajstić information content (AvgIpc) is 2.93. The maximum absolute atomic E-state index is 10.9. The summed E-state index contributed by atoms with van der Waals surface area (Å²) >= 11 is 0. The van der Waals surface area contributed by atoms with Crippen LogP contribution >= 0.6 is 0 Å². The molecule has 0 aromatic carbocycles. The van der Waals surface area contributed by atoms with E-state index in [0.29, 0.717) is 18.3 Å². The van der Waals surface area contributed by atoms with Gasteiger partial charge in [0, 0.05) is 5.41 Å². The molecule has 4 nitrogen and oxygen atoms in total. The largest absolute Gasteiger partial charge is 0.396 e. The van der Waals surface area contributed by atoms with Gasteiger partial charge in [0.15, 0.2) is 0 Å². The highest BCUT2D eigenvalue weighted by Gasteiger charge is 2.70. The van der Waals surface area contributed by atoms with Gasteiger partial charge >= 0.3 is 0 Å². The van der Waals surface area contributed by atoms with Gasteiger partial charge in [-0.15, -0.1) is 0 Å². The summed E-state index contributed by atoms with van der Waals surface area (Å²) in [6.07, 6.45) is 7.33. The monoisotopic (exact) mass is 338 g/mol. The van der Waals surface area contributed by atoms with Crippen LogP contribution in [0.25, 0.3) is 0 Å². The fourth-order valence-corrected chi connectivity index (χ4v) is 7.93. The number of fused-ring (bicyclic) bond motifs is 2. The highest BCUT2D eigenvalue weighted by atomic mass is 16.3. The number of hydrogen-bond acceptors (Lipinski definition) is 4. The van der Waals surface area contributed by atoms with E-state index in [1.54, 1.807) is 0 Å². The second-order valence-electron chi connectivity index (χ2n) is 10.0. The van der Waals surface area contributed by atoms with E-state index in [1.165, 1.54) is 0 Å². The molecule has 1 spiro atoms. The van der Waals surface area contributed by atoms with E-state index in [1.807, 2.05) is 0 Å². The molecule has 4 saturated carbocycles. The Kier molecular flexibility index (Phi) is 3.73. The van der Waals surface area contributed by atoms with Crippen molar-refractivity contribution >= 4 is 0 Å². The molecule has 24 heavy (non-hydrogen) atoms. The smallest absolute Gasteiger partial charge is 0.0905 e. The van der Waals surface area contributed by atoms with Crippen LogP contribution in [-0.4, -0.2) is 45.3 Å². The normalized spacial score (nSPS) is 59.8. The van der Waals surface area contributed by atoms with E-state index in [4.69, 9.17) is 0 Å². The Hall–Kier alpha value is -0.160. The maximum Gasteiger partial charge on any atom is 0.0905 e. The van der Waals surface area contributed by atoms with Gasteiger partial charge in [0.2, 0.25) is 0 Å². The molecular weight excluding hydrogens is 304 g/mol. The molecule has 0 radical (unpaired) electrons. The fourth-order valence-electron chi connectivity index (χ4n) is 7.93. The number of aliphatic hydroxyl groups is 4. The van der Waals surface area contributed by atoms with Crippen LogP contribution < -0.4 is 0 Å². The molecule has 2 bridgehead atoms. The molecule has 4 N–H and O–H groups in total. The molecule has 4 fully saturated rings. The first-order valence-electron chi connectivity index (χ1n) is 9.88. The molecule has 4 heteroatoms. The summed E-state index contributed by atoms with van der Waals surface area (Å²) in [5.41, 5.74) is -0.949. The topological polar surface area (TPSA) is 80.9 Å². The number of rotatable bonds is 2. The second-order valence-corrected chi connectivity index (χ2v) is 10.0. The molecule has 0 saturated heterocycles. The zero-order valence-electron chi connectivity index (χ0n) is 15.2. The van der Waals surface area contributed by atoms with Crippen molar-refractivity contribution in [3.63, 3.8) is 0 Å². The molecule has 138 valence electrons. The SMILES string of the molecule is C[C@@]1(CO)[C@H](O)CC[C@@]2(C)[C@H]1CC[C@H]1C[C@@H]3C[C@@]12CC[C@@]3(O)CO. The first-order valence-corrected chi connectivity index (χ1v) is 9.88. The van der Waals surface area contributed by atoms with Crippen LogP contribution in [0.1, 0.15) is 65.2 Å². The fraction of sp³-hybridized carbons (Fsp3) is 1.00. The van der Waals surface area contributed by atoms with Gasteiger partial charge in [-0.3, -0.25) is 0 Å². The lowest BCUT2D eigenvalue weighted by molar-refractivity contribution is -0.216. The summed E-state index contributed by atoms with van der Waals surface area (Å²) in [7, 11) is 0. The third-order valence-electron chi connectivity index (χ3n) is 9.54. The Morgan fingerprint density at radius 3 is 2.33 bits per heavy atom. The molecule has 0 amide bonds. The molecule has 4 aliphatic rings. The van der Waals surface area contributed by atoms with Gasteiger partial charge in [-0.1, -0.05) is 13.8 Å². The van der Waals surface area contributed by atoms with Gasteiger partial charge in [-0.05, 0) is 80.0 Å². The zero-order chi connectivity index (χ0) is 17.4. The maximum atomic E-state index is 10.9. The molecule has 8 atom stereocenters. The molecule has 0 aromatic heterocycles. The van der Waals surface area contributed by atoms with E-state index in [-0.39, 0.29) is 30.0 Å². The quantitative estimate of drug-likeness (QED) is 0.621. The molecule has 0 aromatic rings. The van der Waals surface area contributed by atoms with Crippen molar-refractivity contribution in [2.24, 2.45) is 34.0 Å². The van der Waals surface area contributed by atoms with Crippen LogP contribution in [0.3, 0.4) is 0 Å². The van der Waals surface area contributed by atoms with Crippen LogP contribution in [0, 0.1) is 34.0 Å². The minimum atomic E-state index is -0.886. The van der Waals surface area contributed by atoms with Crippen molar-refractivity contribution in [2.45, 2.75) is 76.9 Å². The van der Waals surface area contributed by atoms with Gasteiger partial charge in [0.1, 0.15) is 0 Å². The third-order valence-corrected chi connectivity index (χ3v) is 9.54. The highest BCUT2D eigenvalue weighted by molar-refractivity contribution is 5.19. The van der Waals surface area contributed by atoms with Crippen LogP contribution in [0.2, 0.25) is 0 Å². The minimum absolute atomic E-state index is 0.0547. The predicted molar refractivity (Wildman–Crippen MR) is 91.2 cm³/mol. The third kappa shape index (κ3) is 1.84. The van der Waals surface area contributed by atoms with Gasteiger partial charge in [-0.2, -0.15) is 0 Å². The summed E-state index contributed by atoms with van der Waals surface area (Å²) < 4.78 is 0. The average molecular weight is 338 g/mol. The van der Waals surface area contributed by atoms with Crippen molar-refractivity contribution in [2.75, 3.05) is 13.2 Å². The molecule has 0 aliphatic heterocycles. The molecule has 0 unspecified atom stereocenters. The lowest BCUT2D eigenvalue weighted by atomic mass is 9.39. The zero-order valence-corrected chi connectivity index (χ0v) is 15.2. The molecular formula is C20H34O4. The van der Waals surface area contributed by atoms with Crippen molar-refractivity contribution in [1.29, 1.82) is 0 Å². The van der Waals surface area contributed by atoms with E-state index < -0.39 is 17.1 Å². The Bertz CT molecular complexity index is 524. The Morgan fingerprint density at radius 1 is 0.917 bits per heavy atom. The van der Waals surface area contributed by atoms with Gasteiger partial charge in [0.25, 0.3) is 0 Å². The van der Waals surface area contributed by atoms with E-state index >= 15 is 0 Å². The summed E-state index contributed by atoms with van der Waals surface area (Å²) in [5.74, 6) is 1.18. The first-order chi connectivity index (χ1) is 11.3. The molecule has 4 aliphatic carbocycles. The van der Waals surface area contributed by atoms with Crippen LogP contribution in [-0.2, 0) is 0 Å². The Morgan fingerprint density at radius 2 is 1.67 bits per heavy atom. The molecule has 0 heterocycles. The Labute approximate surface area is 145 Å². The van der Waals surface area contributed by atoms with Crippen LogP contribution in [0.15, 0.2) is 0 Å². The first kappa shape index (κ1) is 17.3. The minimum Gasteiger partial charge on any atom is -0.396 e.